The zero-order chi connectivity index (χ0) is 24.4. The smallest absolute Gasteiger partial charge is 0.174 e. The van der Waals surface area contributed by atoms with Gasteiger partial charge >= 0.3 is 0 Å². The molecular weight excluding hydrogens is 437 g/mol. The Labute approximate surface area is 203 Å². The molecule has 0 aliphatic carbocycles. The SMILES string of the molecule is Cc1[nH]c2ccccc2c1[C@H](c1cccc(F)c1)C(C(=O)c1ccccc1)C(=O)c1ccccc1. The first-order valence-electron chi connectivity index (χ1n) is 11.6. The van der Waals surface area contributed by atoms with Crippen molar-refractivity contribution in [2.75, 3.05) is 0 Å². The summed E-state index contributed by atoms with van der Waals surface area (Å²) in [5.74, 6) is -2.78. The molecular formula is C31H24FNO2. The quantitative estimate of drug-likeness (QED) is 0.207. The third-order valence-corrected chi connectivity index (χ3v) is 6.48. The van der Waals surface area contributed by atoms with E-state index in [-0.39, 0.29) is 11.6 Å². The number of para-hydroxylation sites is 1. The molecule has 0 amide bonds. The van der Waals surface area contributed by atoms with Gasteiger partial charge in [-0.05, 0) is 36.2 Å². The standard InChI is InChI=1S/C31H24FNO2/c1-20-27(25-17-8-9-18-26(25)33-20)28(23-15-10-16-24(32)19-23)29(30(34)21-11-4-2-5-12-21)31(35)22-13-6-3-7-14-22/h2-19,28-29,33H,1H3/t28-/m0/s1. The second-order valence-electron chi connectivity index (χ2n) is 8.68. The Balaban J connectivity index is 1.79. The summed E-state index contributed by atoms with van der Waals surface area (Å²) in [6.07, 6.45) is 0. The fourth-order valence-corrected chi connectivity index (χ4v) is 4.91. The molecule has 1 aromatic heterocycles. The van der Waals surface area contributed by atoms with Gasteiger partial charge in [0.05, 0.1) is 5.92 Å². The molecule has 0 saturated carbocycles. The van der Waals surface area contributed by atoms with Crippen LogP contribution in [-0.2, 0) is 0 Å². The molecule has 0 unspecified atom stereocenters. The van der Waals surface area contributed by atoms with E-state index in [1.807, 2.05) is 43.3 Å². The summed E-state index contributed by atoms with van der Waals surface area (Å²) in [6, 6.07) is 31.7. The largest absolute Gasteiger partial charge is 0.358 e. The molecule has 172 valence electrons. The highest BCUT2D eigenvalue weighted by Gasteiger charge is 2.39. The fourth-order valence-electron chi connectivity index (χ4n) is 4.91. The number of ketones is 2. The molecule has 0 bridgehead atoms. The van der Waals surface area contributed by atoms with Crippen LogP contribution in [0.1, 0.15) is 43.5 Å². The van der Waals surface area contributed by atoms with E-state index < -0.39 is 17.7 Å². The van der Waals surface area contributed by atoms with Crippen molar-refractivity contribution in [1.82, 2.24) is 4.98 Å². The van der Waals surface area contributed by atoms with Gasteiger partial charge in [0, 0.05) is 33.6 Å². The molecule has 4 heteroatoms. The van der Waals surface area contributed by atoms with E-state index in [9.17, 15) is 14.0 Å². The van der Waals surface area contributed by atoms with Crippen LogP contribution >= 0.6 is 0 Å². The number of benzene rings is 4. The van der Waals surface area contributed by atoms with Crippen LogP contribution < -0.4 is 0 Å². The van der Waals surface area contributed by atoms with E-state index >= 15 is 0 Å². The van der Waals surface area contributed by atoms with E-state index in [0.29, 0.717) is 16.7 Å². The zero-order valence-electron chi connectivity index (χ0n) is 19.2. The van der Waals surface area contributed by atoms with Gasteiger partial charge in [0.15, 0.2) is 11.6 Å². The molecule has 0 aliphatic heterocycles. The van der Waals surface area contributed by atoms with Crippen molar-refractivity contribution in [2.24, 2.45) is 5.92 Å². The topological polar surface area (TPSA) is 49.9 Å². The number of Topliss-reactive ketones (excluding diaryl/α,β-unsaturated/α-hetero) is 2. The van der Waals surface area contributed by atoms with Gasteiger partial charge < -0.3 is 4.98 Å². The van der Waals surface area contributed by atoms with Crippen molar-refractivity contribution >= 4 is 22.5 Å². The molecule has 0 saturated heterocycles. The number of carbonyl (C=O) groups is 2. The number of fused-ring (bicyclic) bond motifs is 1. The maximum atomic E-state index is 14.5. The van der Waals surface area contributed by atoms with E-state index in [1.165, 1.54) is 12.1 Å². The fraction of sp³-hybridized carbons (Fsp3) is 0.0968. The van der Waals surface area contributed by atoms with Crippen molar-refractivity contribution in [1.29, 1.82) is 0 Å². The van der Waals surface area contributed by atoms with Crippen LogP contribution in [0.25, 0.3) is 10.9 Å². The Bertz CT molecular complexity index is 1450. The number of halogens is 1. The third kappa shape index (κ3) is 4.31. The predicted molar refractivity (Wildman–Crippen MR) is 136 cm³/mol. The van der Waals surface area contributed by atoms with Crippen LogP contribution in [0.2, 0.25) is 0 Å². The highest BCUT2D eigenvalue weighted by atomic mass is 19.1. The molecule has 5 aromatic rings. The molecule has 4 aromatic carbocycles. The highest BCUT2D eigenvalue weighted by Crippen LogP contribution is 2.41. The number of rotatable bonds is 7. The van der Waals surface area contributed by atoms with Gasteiger partial charge in [-0.1, -0.05) is 91.0 Å². The number of H-pyrrole nitrogens is 1. The number of aromatic nitrogens is 1. The van der Waals surface area contributed by atoms with Crippen molar-refractivity contribution in [3.05, 3.63) is 143 Å². The summed E-state index contributed by atoms with van der Waals surface area (Å²) in [5, 5.41) is 0.908. The van der Waals surface area contributed by atoms with Crippen LogP contribution in [0.15, 0.2) is 109 Å². The van der Waals surface area contributed by atoms with Crippen molar-refractivity contribution in [3.63, 3.8) is 0 Å². The molecule has 0 spiro atoms. The minimum atomic E-state index is -1.08. The lowest BCUT2D eigenvalue weighted by Gasteiger charge is -2.27. The van der Waals surface area contributed by atoms with Crippen molar-refractivity contribution in [3.8, 4) is 0 Å². The first kappa shape index (κ1) is 22.5. The van der Waals surface area contributed by atoms with Gasteiger partial charge in [0.2, 0.25) is 0 Å². The molecule has 0 radical (unpaired) electrons. The Kier molecular flexibility index (Phi) is 6.11. The lowest BCUT2D eigenvalue weighted by molar-refractivity contribution is 0.0793. The van der Waals surface area contributed by atoms with Gasteiger partial charge in [-0.15, -0.1) is 0 Å². The zero-order valence-corrected chi connectivity index (χ0v) is 19.2. The predicted octanol–water partition coefficient (Wildman–Crippen LogP) is 7.13. The number of aromatic amines is 1. The minimum Gasteiger partial charge on any atom is -0.358 e. The van der Waals surface area contributed by atoms with Gasteiger partial charge in [0.1, 0.15) is 5.82 Å². The molecule has 1 N–H and O–H groups in total. The number of carbonyl (C=O) groups excluding carboxylic acids is 2. The summed E-state index contributed by atoms with van der Waals surface area (Å²) >= 11 is 0. The molecule has 35 heavy (non-hydrogen) atoms. The summed E-state index contributed by atoms with van der Waals surface area (Å²) in [5.41, 5.74) is 4.04. The second-order valence-corrected chi connectivity index (χ2v) is 8.68. The second kappa shape index (κ2) is 9.51. The minimum absolute atomic E-state index is 0.293. The number of nitrogens with one attached hydrogen (secondary N) is 1. The van der Waals surface area contributed by atoms with Crippen molar-refractivity contribution < 1.29 is 14.0 Å². The maximum absolute atomic E-state index is 14.5. The molecule has 1 heterocycles. The van der Waals surface area contributed by atoms with Crippen LogP contribution in [0.4, 0.5) is 4.39 Å². The van der Waals surface area contributed by atoms with E-state index in [0.717, 1.165) is 22.2 Å². The van der Waals surface area contributed by atoms with Gasteiger partial charge in [-0.2, -0.15) is 0 Å². The molecule has 0 aliphatic rings. The van der Waals surface area contributed by atoms with Crippen LogP contribution in [0.3, 0.4) is 0 Å². The third-order valence-electron chi connectivity index (χ3n) is 6.48. The average Bonchev–Trinajstić information content (AvgIpc) is 3.23. The molecule has 5 rings (SSSR count). The summed E-state index contributed by atoms with van der Waals surface area (Å²) in [7, 11) is 0. The monoisotopic (exact) mass is 461 g/mol. The maximum Gasteiger partial charge on any atom is 0.174 e. The Morgan fingerprint density at radius 3 is 1.89 bits per heavy atom. The summed E-state index contributed by atoms with van der Waals surface area (Å²) in [6.45, 7) is 1.93. The summed E-state index contributed by atoms with van der Waals surface area (Å²) in [4.78, 5) is 31.5. The van der Waals surface area contributed by atoms with E-state index in [1.54, 1.807) is 60.7 Å². The first-order valence-corrected chi connectivity index (χ1v) is 11.6. The summed E-state index contributed by atoms with van der Waals surface area (Å²) < 4.78 is 14.5. The molecule has 3 nitrogen and oxygen atoms in total. The van der Waals surface area contributed by atoms with Crippen LogP contribution in [0, 0.1) is 18.7 Å². The average molecular weight is 462 g/mol. The normalized spacial score (nSPS) is 12.1. The highest BCUT2D eigenvalue weighted by molar-refractivity contribution is 6.17. The van der Waals surface area contributed by atoms with Crippen LogP contribution in [-0.4, -0.2) is 16.6 Å². The van der Waals surface area contributed by atoms with Crippen molar-refractivity contribution in [2.45, 2.75) is 12.8 Å². The van der Waals surface area contributed by atoms with Gasteiger partial charge in [0.25, 0.3) is 0 Å². The first-order chi connectivity index (χ1) is 17.0. The van der Waals surface area contributed by atoms with Gasteiger partial charge in [-0.25, -0.2) is 4.39 Å². The van der Waals surface area contributed by atoms with Crippen LogP contribution in [0.5, 0.6) is 0 Å². The Morgan fingerprint density at radius 1 is 0.714 bits per heavy atom. The lowest BCUT2D eigenvalue weighted by atomic mass is 9.73. The molecule has 0 fully saturated rings. The van der Waals surface area contributed by atoms with E-state index in [4.69, 9.17) is 0 Å². The van der Waals surface area contributed by atoms with Gasteiger partial charge in [-0.3, -0.25) is 9.59 Å². The van der Waals surface area contributed by atoms with E-state index in [2.05, 4.69) is 4.98 Å². The number of aryl methyl sites for hydroxylation is 1. The number of hydrogen-bond donors (Lipinski definition) is 1. The lowest BCUT2D eigenvalue weighted by Crippen LogP contribution is -2.32. The molecule has 1 atom stereocenters. The number of hydrogen-bond acceptors (Lipinski definition) is 2. The Hall–Kier alpha value is -4.31. The Morgan fingerprint density at radius 2 is 1.29 bits per heavy atom.